The van der Waals surface area contributed by atoms with Crippen LogP contribution in [0.5, 0.6) is 0 Å². The Bertz CT molecular complexity index is 762. The molecule has 20 heavy (non-hydrogen) atoms. The molecule has 0 saturated carbocycles. The number of aryl methyl sites for hydroxylation is 1. The van der Waals surface area contributed by atoms with Crippen LogP contribution in [-0.2, 0) is 13.6 Å². The molecule has 3 aromatic heterocycles. The third-order valence-corrected chi connectivity index (χ3v) is 3.67. The molecule has 0 aromatic carbocycles. The van der Waals surface area contributed by atoms with Crippen molar-refractivity contribution in [2.24, 2.45) is 7.05 Å². The van der Waals surface area contributed by atoms with E-state index < -0.39 is 0 Å². The molecule has 8 heteroatoms. The molecule has 3 rings (SSSR count). The van der Waals surface area contributed by atoms with Gasteiger partial charge >= 0.3 is 0 Å². The molecule has 0 N–H and O–H groups in total. The fraction of sp³-hybridized carbons (Fsp3) is 0.333. The van der Waals surface area contributed by atoms with Gasteiger partial charge in [0.2, 0.25) is 0 Å². The van der Waals surface area contributed by atoms with E-state index in [2.05, 4.69) is 36.1 Å². The number of hydrogen-bond acceptors (Lipinski definition) is 4. The van der Waals surface area contributed by atoms with Gasteiger partial charge < -0.3 is 9.13 Å². The van der Waals surface area contributed by atoms with Crippen molar-refractivity contribution in [3.05, 3.63) is 34.7 Å². The van der Waals surface area contributed by atoms with E-state index in [1.807, 2.05) is 29.2 Å². The number of nitrogens with zero attached hydrogens (tertiary/aromatic N) is 6. The highest BCUT2D eigenvalue weighted by atomic mass is 79.9. The molecule has 0 amide bonds. The number of aromatic nitrogens is 6. The second kappa shape index (κ2) is 5.14. The number of halogens is 2. The monoisotopic (exact) mass is 354 g/mol. The summed E-state index contributed by atoms with van der Waals surface area (Å²) in [5.41, 5.74) is 1.60. The van der Waals surface area contributed by atoms with Crippen molar-refractivity contribution < 1.29 is 0 Å². The van der Waals surface area contributed by atoms with Crippen molar-refractivity contribution in [2.45, 2.75) is 18.8 Å². The van der Waals surface area contributed by atoms with Gasteiger partial charge in [-0.1, -0.05) is 0 Å². The topological polar surface area (TPSA) is 61.4 Å². The zero-order valence-corrected chi connectivity index (χ0v) is 13.3. The average molecular weight is 356 g/mol. The molecule has 0 spiro atoms. The van der Waals surface area contributed by atoms with Gasteiger partial charge in [-0.05, 0) is 28.9 Å². The summed E-state index contributed by atoms with van der Waals surface area (Å²) in [5.74, 6) is 1.60. The predicted molar refractivity (Wildman–Crippen MR) is 79.6 cm³/mol. The zero-order chi connectivity index (χ0) is 14.3. The molecule has 0 saturated heterocycles. The minimum absolute atomic E-state index is 0.212. The van der Waals surface area contributed by atoms with Crippen molar-refractivity contribution in [3.63, 3.8) is 0 Å². The van der Waals surface area contributed by atoms with Crippen LogP contribution < -0.4 is 0 Å². The van der Waals surface area contributed by atoms with Crippen molar-refractivity contribution in [1.29, 1.82) is 0 Å². The Labute approximate surface area is 128 Å². The van der Waals surface area contributed by atoms with Crippen LogP contribution in [0.25, 0.3) is 11.2 Å². The van der Waals surface area contributed by atoms with E-state index in [4.69, 9.17) is 11.6 Å². The maximum Gasteiger partial charge on any atom is 0.160 e. The predicted octanol–water partition coefficient (Wildman–Crippen LogP) is 2.67. The van der Waals surface area contributed by atoms with Crippen LogP contribution in [0.1, 0.15) is 23.9 Å². The van der Waals surface area contributed by atoms with Gasteiger partial charge in [0.05, 0.1) is 11.9 Å². The zero-order valence-electron chi connectivity index (χ0n) is 11.0. The van der Waals surface area contributed by atoms with Gasteiger partial charge in [-0.3, -0.25) is 0 Å². The summed E-state index contributed by atoms with van der Waals surface area (Å²) in [7, 11) is 1.91. The van der Waals surface area contributed by atoms with E-state index in [-0.39, 0.29) is 5.38 Å². The number of hydrogen-bond donors (Lipinski definition) is 0. The van der Waals surface area contributed by atoms with Gasteiger partial charge in [0.25, 0.3) is 0 Å². The second-order valence-electron chi connectivity index (χ2n) is 4.53. The van der Waals surface area contributed by atoms with Crippen LogP contribution in [0.3, 0.4) is 0 Å². The van der Waals surface area contributed by atoms with Crippen LogP contribution in [0.15, 0.2) is 23.1 Å². The molecule has 0 radical (unpaired) electrons. The van der Waals surface area contributed by atoms with Crippen molar-refractivity contribution in [2.75, 3.05) is 0 Å². The molecule has 6 nitrogen and oxygen atoms in total. The van der Waals surface area contributed by atoms with Gasteiger partial charge in [-0.25, -0.2) is 9.97 Å². The van der Waals surface area contributed by atoms with E-state index in [1.54, 1.807) is 12.5 Å². The van der Waals surface area contributed by atoms with E-state index in [9.17, 15) is 0 Å². The smallest absolute Gasteiger partial charge is 0.160 e. The molecule has 0 fully saturated rings. The maximum atomic E-state index is 6.23. The standard InChI is InChI=1S/C12H12BrClN6/c1-7(14)11-17-9-3-8(13)4-15-12(9)20(11)5-10-18-16-6-19(10)2/h3-4,6-7H,5H2,1-2H3. The van der Waals surface area contributed by atoms with Gasteiger partial charge in [0, 0.05) is 17.7 Å². The lowest BCUT2D eigenvalue weighted by Crippen LogP contribution is -2.10. The third-order valence-electron chi connectivity index (χ3n) is 3.04. The Kier molecular flexibility index (Phi) is 3.47. The molecule has 0 bridgehead atoms. The highest BCUT2D eigenvalue weighted by Crippen LogP contribution is 2.25. The van der Waals surface area contributed by atoms with E-state index in [0.717, 1.165) is 27.3 Å². The van der Waals surface area contributed by atoms with E-state index in [1.165, 1.54) is 0 Å². The molecule has 3 heterocycles. The van der Waals surface area contributed by atoms with Gasteiger partial charge in [0.15, 0.2) is 11.5 Å². The second-order valence-corrected chi connectivity index (χ2v) is 6.10. The Morgan fingerprint density at radius 2 is 2.25 bits per heavy atom. The number of rotatable bonds is 3. The molecule has 0 aliphatic rings. The van der Waals surface area contributed by atoms with Crippen molar-refractivity contribution in [1.82, 2.24) is 29.3 Å². The average Bonchev–Trinajstić information content (AvgIpc) is 2.95. The lowest BCUT2D eigenvalue weighted by molar-refractivity contribution is 0.671. The Morgan fingerprint density at radius 3 is 2.90 bits per heavy atom. The first-order chi connectivity index (χ1) is 9.56. The summed E-state index contributed by atoms with van der Waals surface area (Å²) in [5, 5.41) is 7.78. The third kappa shape index (κ3) is 2.31. The molecule has 3 aromatic rings. The summed E-state index contributed by atoms with van der Waals surface area (Å²) in [6.45, 7) is 2.43. The number of fused-ring (bicyclic) bond motifs is 1. The SMILES string of the molecule is CC(Cl)c1nc2cc(Br)cnc2n1Cc1nncn1C. The number of alkyl halides is 1. The van der Waals surface area contributed by atoms with E-state index in [0.29, 0.717) is 6.54 Å². The molecule has 1 unspecified atom stereocenters. The first-order valence-corrected chi connectivity index (χ1v) is 7.28. The highest BCUT2D eigenvalue weighted by molar-refractivity contribution is 9.10. The fourth-order valence-corrected chi connectivity index (χ4v) is 2.54. The molecular formula is C12H12BrClN6. The van der Waals surface area contributed by atoms with Crippen LogP contribution in [0.4, 0.5) is 0 Å². The minimum Gasteiger partial charge on any atom is -0.319 e. The molecular weight excluding hydrogens is 344 g/mol. The quantitative estimate of drug-likeness (QED) is 0.678. The summed E-state index contributed by atoms with van der Waals surface area (Å²) in [4.78, 5) is 9.00. The number of pyridine rings is 1. The fourth-order valence-electron chi connectivity index (χ4n) is 2.06. The summed E-state index contributed by atoms with van der Waals surface area (Å²) < 4.78 is 4.73. The normalized spacial score (nSPS) is 13.0. The first kappa shape index (κ1) is 13.5. The first-order valence-electron chi connectivity index (χ1n) is 6.05. The molecule has 104 valence electrons. The maximum absolute atomic E-state index is 6.23. The van der Waals surface area contributed by atoms with Crippen molar-refractivity contribution in [3.8, 4) is 0 Å². The van der Waals surface area contributed by atoms with E-state index >= 15 is 0 Å². The van der Waals surface area contributed by atoms with Gasteiger partial charge in [-0.2, -0.15) is 0 Å². The van der Waals surface area contributed by atoms with Crippen LogP contribution >= 0.6 is 27.5 Å². The molecule has 0 aliphatic heterocycles. The largest absolute Gasteiger partial charge is 0.319 e. The van der Waals surface area contributed by atoms with Crippen LogP contribution in [0.2, 0.25) is 0 Å². The summed E-state index contributed by atoms with van der Waals surface area (Å²) >= 11 is 9.64. The minimum atomic E-state index is -0.212. The summed E-state index contributed by atoms with van der Waals surface area (Å²) in [6, 6.07) is 1.93. The number of imidazole rings is 1. The Morgan fingerprint density at radius 1 is 1.45 bits per heavy atom. The van der Waals surface area contributed by atoms with Gasteiger partial charge in [-0.15, -0.1) is 21.8 Å². The Hall–Kier alpha value is -1.47. The van der Waals surface area contributed by atoms with Crippen LogP contribution in [0, 0.1) is 0 Å². The lowest BCUT2D eigenvalue weighted by Gasteiger charge is -2.09. The van der Waals surface area contributed by atoms with Crippen LogP contribution in [-0.4, -0.2) is 29.3 Å². The molecule has 0 aliphatic carbocycles. The molecule has 1 atom stereocenters. The highest BCUT2D eigenvalue weighted by Gasteiger charge is 2.17. The Balaban J connectivity index is 2.16. The van der Waals surface area contributed by atoms with Crippen molar-refractivity contribution >= 4 is 38.7 Å². The van der Waals surface area contributed by atoms with Gasteiger partial charge in [0.1, 0.15) is 17.7 Å². The summed E-state index contributed by atoms with van der Waals surface area (Å²) in [6.07, 6.45) is 3.42. The lowest BCUT2D eigenvalue weighted by atomic mass is 10.4.